The van der Waals surface area contributed by atoms with Gasteiger partial charge in [-0.1, -0.05) is 29.8 Å². The molecule has 0 aliphatic carbocycles. The van der Waals surface area contributed by atoms with Crippen molar-refractivity contribution in [3.8, 4) is 11.5 Å². The topological polar surface area (TPSA) is 58.6 Å². The molecule has 0 saturated heterocycles. The molecule has 0 saturated carbocycles. The Morgan fingerprint density at radius 3 is 2.57 bits per heavy atom. The van der Waals surface area contributed by atoms with Crippen molar-refractivity contribution in [1.29, 1.82) is 0 Å². The number of nitrogens with one attached hydrogen (secondary N) is 1. The van der Waals surface area contributed by atoms with Gasteiger partial charge in [-0.2, -0.15) is 0 Å². The number of amides is 1. The van der Waals surface area contributed by atoms with Gasteiger partial charge in [0.15, 0.2) is 6.61 Å². The van der Waals surface area contributed by atoms with Crippen molar-refractivity contribution in [2.75, 3.05) is 13.2 Å². The molecular weight excluding hydrogens is 290 g/mol. The Balaban J connectivity index is 1.70. The van der Waals surface area contributed by atoms with Crippen molar-refractivity contribution in [3.05, 3.63) is 59.1 Å². The molecule has 0 bridgehead atoms. The van der Waals surface area contributed by atoms with Crippen LogP contribution in [0.2, 0.25) is 5.02 Å². The fourth-order valence-electron chi connectivity index (χ4n) is 1.79. The second kappa shape index (κ2) is 7.55. The second-order valence-corrected chi connectivity index (χ2v) is 4.91. The highest BCUT2D eigenvalue weighted by Crippen LogP contribution is 2.16. The molecule has 2 aromatic rings. The predicted molar refractivity (Wildman–Crippen MR) is 81.8 cm³/mol. The van der Waals surface area contributed by atoms with E-state index < -0.39 is 0 Å². The zero-order valence-electron chi connectivity index (χ0n) is 11.4. The quantitative estimate of drug-likeness (QED) is 0.863. The van der Waals surface area contributed by atoms with Crippen LogP contribution in [0.4, 0.5) is 0 Å². The largest absolute Gasteiger partial charge is 0.508 e. The van der Waals surface area contributed by atoms with Gasteiger partial charge in [-0.3, -0.25) is 4.79 Å². The van der Waals surface area contributed by atoms with Crippen LogP contribution in [0.1, 0.15) is 5.56 Å². The van der Waals surface area contributed by atoms with Gasteiger partial charge in [0.05, 0.1) is 0 Å². The molecule has 0 aromatic heterocycles. The van der Waals surface area contributed by atoms with Gasteiger partial charge in [0.1, 0.15) is 11.5 Å². The van der Waals surface area contributed by atoms with E-state index in [2.05, 4.69) is 5.32 Å². The molecule has 4 nitrogen and oxygen atoms in total. The highest BCUT2D eigenvalue weighted by molar-refractivity contribution is 6.30. The van der Waals surface area contributed by atoms with Crippen molar-refractivity contribution in [1.82, 2.24) is 5.32 Å². The summed E-state index contributed by atoms with van der Waals surface area (Å²) in [5.74, 6) is 0.625. The summed E-state index contributed by atoms with van der Waals surface area (Å²) in [6, 6.07) is 13.9. The zero-order valence-corrected chi connectivity index (χ0v) is 12.1. The lowest BCUT2D eigenvalue weighted by Crippen LogP contribution is -2.30. The van der Waals surface area contributed by atoms with E-state index in [1.807, 2.05) is 12.1 Å². The van der Waals surface area contributed by atoms with Gasteiger partial charge in [-0.05, 0) is 42.3 Å². The molecule has 0 aliphatic heterocycles. The summed E-state index contributed by atoms with van der Waals surface area (Å²) < 4.78 is 5.33. The van der Waals surface area contributed by atoms with Gasteiger partial charge in [0.25, 0.3) is 5.91 Å². The van der Waals surface area contributed by atoms with Crippen LogP contribution >= 0.6 is 11.6 Å². The Kier molecular flexibility index (Phi) is 5.46. The average molecular weight is 306 g/mol. The average Bonchev–Trinajstić information content (AvgIpc) is 2.49. The third-order valence-electron chi connectivity index (χ3n) is 2.89. The van der Waals surface area contributed by atoms with Crippen molar-refractivity contribution in [2.24, 2.45) is 0 Å². The van der Waals surface area contributed by atoms with Crippen molar-refractivity contribution in [2.45, 2.75) is 6.42 Å². The maximum absolute atomic E-state index is 11.6. The lowest BCUT2D eigenvalue weighted by Gasteiger charge is -2.08. The smallest absolute Gasteiger partial charge is 0.257 e. The van der Waals surface area contributed by atoms with Crippen LogP contribution in [0.3, 0.4) is 0 Å². The SMILES string of the molecule is O=C(COc1ccc(Cl)cc1)NCCc1ccccc1O. The highest BCUT2D eigenvalue weighted by atomic mass is 35.5. The summed E-state index contributed by atoms with van der Waals surface area (Å²) in [5, 5.41) is 13.0. The summed E-state index contributed by atoms with van der Waals surface area (Å²) in [6.07, 6.45) is 0.569. The van der Waals surface area contributed by atoms with Crippen LogP contribution in [-0.2, 0) is 11.2 Å². The monoisotopic (exact) mass is 305 g/mol. The molecule has 0 radical (unpaired) electrons. The molecule has 0 fully saturated rings. The van der Waals surface area contributed by atoms with Gasteiger partial charge >= 0.3 is 0 Å². The summed E-state index contributed by atoms with van der Waals surface area (Å²) in [6.45, 7) is 0.392. The number of benzene rings is 2. The number of carbonyl (C=O) groups excluding carboxylic acids is 1. The molecular formula is C16H16ClNO3. The molecule has 0 heterocycles. The minimum absolute atomic E-state index is 0.0532. The van der Waals surface area contributed by atoms with Gasteiger partial charge < -0.3 is 15.2 Å². The summed E-state index contributed by atoms with van der Waals surface area (Å²) in [4.78, 5) is 11.6. The first kappa shape index (κ1) is 15.2. The summed E-state index contributed by atoms with van der Waals surface area (Å²) in [7, 11) is 0. The minimum atomic E-state index is -0.208. The molecule has 21 heavy (non-hydrogen) atoms. The highest BCUT2D eigenvalue weighted by Gasteiger charge is 2.04. The van der Waals surface area contributed by atoms with E-state index in [0.717, 1.165) is 5.56 Å². The third-order valence-corrected chi connectivity index (χ3v) is 3.14. The lowest BCUT2D eigenvalue weighted by atomic mass is 10.1. The molecule has 2 rings (SSSR count). The van der Waals surface area contributed by atoms with E-state index in [0.29, 0.717) is 23.7 Å². The Labute approximate surface area is 128 Å². The third kappa shape index (κ3) is 5.00. The Bertz CT molecular complexity index is 599. The first-order chi connectivity index (χ1) is 10.1. The Morgan fingerprint density at radius 2 is 1.86 bits per heavy atom. The first-order valence-electron chi connectivity index (χ1n) is 6.57. The van der Waals surface area contributed by atoms with Crippen LogP contribution in [0.25, 0.3) is 0 Å². The Morgan fingerprint density at radius 1 is 1.14 bits per heavy atom. The fourth-order valence-corrected chi connectivity index (χ4v) is 1.92. The van der Waals surface area contributed by atoms with E-state index in [-0.39, 0.29) is 18.3 Å². The zero-order chi connectivity index (χ0) is 15.1. The standard InChI is InChI=1S/C16H16ClNO3/c17-13-5-7-14(8-6-13)21-11-16(20)18-10-9-12-3-1-2-4-15(12)19/h1-8,19H,9-11H2,(H,18,20). The molecule has 110 valence electrons. The van der Waals surface area contributed by atoms with Crippen LogP contribution in [0.5, 0.6) is 11.5 Å². The van der Waals surface area contributed by atoms with E-state index in [9.17, 15) is 9.90 Å². The van der Waals surface area contributed by atoms with E-state index in [4.69, 9.17) is 16.3 Å². The minimum Gasteiger partial charge on any atom is -0.508 e. The molecule has 5 heteroatoms. The number of aromatic hydroxyl groups is 1. The maximum Gasteiger partial charge on any atom is 0.257 e. The number of hydrogen-bond donors (Lipinski definition) is 2. The molecule has 2 aromatic carbocycles. The Hall–Kier alpha value is -2.20. The van der Waals surface area contributed by atoms with Crippen LogP contribution in [0, 0.1) is 0 Å². The summed E-state index contributed by atoms with van der Waals surface area (Å²) >= 11 is 5.76. The molecule has 0 atom stereocenters. The van der Waals surface area contributed by atoms with E-state index >= 15 is 0 Å². The number of rotatable bonds is 6. The second-order valence-electron chi connectivity index (χ2n) is 4.47. The number of halogens is 1. The van der Waals surface area contributed by atoms with Crippen molar-refractivity contribution >= 4 is 17.5 Å². The van der Waals surface area contributed by atoms with E-state index in [1.165, 1.54) is 0 Å². The lowest BCUT2D eigenvalue weighted by molar-refractivity contribution is -0.123. The first-order valence-corrected chi connectivity index (χ1v) is 6.95. The number of phenolic OH excluding ortho intramolecular Hbond substituents is 1. The normalized spacial score (nSPS) is 10.1. The molecule has 0 aliphatic rings. The number of para-hydroxylation sites is 1. The van der Waals surface area contributed by atoms with Crippen LogP contribution < -0.4 is 10.1 Å². The maximum atomic E-state index is 11.6. The molecule has 1 amide bonds. The number of phenols is 1. The number of carbonyl (C=O) groups is 1. The number of hydrogen-bond acceptors (Lipinski definition) is 3. The van der Waals surface area contributed by atoms with Gasteiger partial charge in [-0.25, -0.2) is 0 Å². The number of ether oxygens (including phenoxy) is 1. The predicted octanol–water partition coefficient (Wildman–Crippen LogP) is 2.78. The fraction of sp³-hybridized carbons (Fsp3) is 0.188. The van der Waals surface area contributed by atoms with Crippen molar-refractivity contribution < 1.29 is 14.6 Å². The van der Waals surface area contributed by atoms with Gasteiger partial charge in [0, 0.05) is 11.6 Å². The molecule has 0 unspecified atom stereocenters. The molecule has 2 N–H and O–H groups in total. The van der Waals surface area contributed by atoms with Crippen LogP contribution in [0.15, 0.2) is 48.5 Å². The van der Waals surface area contributed by atoms with Gasteiger partial charge in [0.2, 0.25) is 0 Å². The van der Waals surface area contributed by atoms with Crippen LogP contribution in [-0.4, -0.2) is 24.2 Å². The van der Waals surface area contributed by atoms with Crippen molar-refractivity contribution in [3.63, 3.8) is 0 Å². The summed E-state index contributed by atoms with van der Waals surface area (Å²) in [5.41, 5.74) is 0.802. The van der Waals surface area contributed by atoms with E-state index in [1.54, 1.807) is 36.4 Å². The molecule has 0 spiro atoms. The van der Waals surface area contributed by atoms with Gasteiger partial charge in [-0.15, -0.1) is 0 Å².